The summed E-state index contributed by atoms with van der Waals surface area (Å²) >= 11 is 0. The van der Waals surface area contributed by atoms with Gasteiger partial charge in [0.15, 0.2) is 0 Å². The van der Waals surface area contributed by atoms with E-state index in [0.29, 0.717) is 12.3 Å². The summed E-state index contributed by atoms with van der Waals surface area (Å²) in [6.07, 6.45) is 0.791. The number of sulfonamides is 1. The SMILES string of the molecule is CN1CCCS1(=O)=O.COC. The summed E-state index contributed by atoms with van der Waals surface area (Å²) in [5, 5.41) is 0. The Morgan fingerprint density at radius 3 is 1.91 bits per heavy atom. The second-order valence-corrected chi connectivity index (χ2v) is 4.59. The molecule has 0 unspecified atom stereocenters. The van der Waals surface area contributed by atoms with E-state index in [1.54, 1.807) is 21.3 Å². The standard InChI is InChI=1S/C4H9NO2S.C2H6O/c1-5-3-2-4-8(5,6)7;1-3-2/h2-4H2,1H3;1-2H3. The quantitative estimate of drug-likeness (QED) is 0.525. The third kappa shape index (κ3) is 3.69. The van der Waals surface area contributed by atoms with E-state index in [1.165, 1.54) is 4.31 Å². The van der Waals surface area contributed by atoms with Gasteiger partial charge in [0.25, 0.3) is 0 Å². The molecule has 0 aromatic carbocycles. The average Bonchev–Trinajstić information content (AvgIpc) is 2.14. The third-order valence-corrected chi connectivity index (χ3v) is 3.29. The van der Waals surface area contributed by atoms with Crippen LogP contribution in [0, 0.1) is 0 Å². The van der Waals surface area contributed by atoms with E-state index in [1.807, 2.05) is 0 Å². The minimum absolute atomic E-state index is 0.337. The van der Waals surface area contributed by atoms with Gasteiger partial charge >= 0.3 is 0 Å². The molecule has 1 heterocycles. The van der Waals surface area contributed by atoms with Crippen molar-refractivity contribution in [2.45, 2.75) is 6.42 Å². The molecule has 4 nitrogen and oxygen atoms in total. The number of nitrogens with zero attached hydrogens (tertiary/aromatic N) is 1. The molecule has 1 aliphatic heterocycles. The number of hydrogen-bond donors (Lipinski definition) is 0. The highest BCUT2D eigenvalue weighted by atomic mass is 32.2. The minimum Gasteiger partial charge on any atom is -0.388 e. The van der Waals surface area contributed by atoms with Crippen LogP contribution in [0.3, 0.4) is 0 Å². The van der Waals surface area contributed by atoms with E-state index in [0.717, 1.165) is 6.42 Å². The summed E-state index contributed by atoms with van der Waals surface area (Å²) in [6, 6.07) is 0. The van der Waals surface area contributed by atoms with Crippen LogP contribution < -0.4 is 0 Å². The minimum atomic E-state index is -2.79. The first-order chi connectivity index (χ1) is 5.04. The lowest BCUT2D eigenvalue weighted by atomic mass is 10.5. The average molecular weight is 181 g/mol. The van der Waals surface area contributed by atoms with Crippen molar-refractivity contribution in [1.29, 1.82) is 0 Å². The smallest absolute Gasteiger partial charge is 0.213 e. The van der Waals surface area contributed by atoms with Crippen LogP contribution >= 0.6 is 0 Å². The van der Waals surface area contributed by atoms with E-state index in [2.05, 4.69) is 4.74 Å². The van der Waals surface area contributed by atoms with Crippen LogP contribution in [-0.4, -0.2) is 46.3 Å². The predicted molar refractivity (Wildman–Crippen MR) is 44.0 cm³/mol. The Labute approximate surface area is 68.2 Å². The lowest BCUT2D eigenvalue weighted by Crippen LogP contribution is -2.19. The fraction of sp³-hybridized carbons (Fsp3) is 1.00. The van der Waals surface area contributed by atoms with Gasteiger partial charge in [-0.1, -0.05) is 0 Å². The first kappa shape index (κ1) is 10.9. The predicted octanol–water partition coefficient (Wildman–Crippen LogP) is -0.0857. The molecule has 1 aliphatic rings. The molecule has 0 atom stereocenters. The Bertz CT molecular complexity index is 188. The molecule has 1 rings (SSSR count). The van der Waals surface area contributed by atoms with Gasteiger partial charge in [-0.2, -0.15) is 0 Å². The zero-order valence-electron chi connectivity index (χ0n) is 7.20. The first-order valence-corrected chi connectivity index (χ1v) is 4.99. The van der Waals surface area contributed by atoms with Gasteiger partial charge in [-0.25, -0.2) is 12.7 Å². The van der Waals surface area contributed by atoms with Crippen molar-refractivity contribution in [2.75, 3.05) is 33.6 Å². The molecular weight excluding hydrogens is 166 g/mol. The Balaban J connectivity index is 0.000000292. The van der Waals surface area contributed by atoms with Gasteiger partial charge in [0, 0.05) is 27.8 Å². The van der Waals surface area contributed by atoms with E-state index < -0.39 is 10.0 Å². The molecule has 1 fully saturated rings. The number of methoxy groups -OCH3 is 1. The fourth-order valence-corrected chi connectivity index (χ4v) is 1.98. The van der Waals surface area contributed by atoms with Crippen LogP contribution in [0.4, 0.5) is 0 Å². The first-order valence-electron chi connectivity index (χ1n) is 3.38. The van der Waals surface area contributed by atoms with E-state index in [-0.39, 0.29) is 0 Å². The number of rotatable bonds is 0. The van der Waals surface area contributed by atoms with Gasteiger partial charge in [-0.15, -0.1) is 0 Å². The summed E-state index contributed by atoms with van der Waals surface area (Å²) in [4.78, 5) is 0. The van der Waals surface area contributed by atoms with Crippen LogP contribution in [0.15, 0.2) is 0 Å². The molecule has 0 amide bonds. The van der Waals surface area contributed by atoms with Crippen molar-refractivity contribution in [3.05, 3.63) is 0 Å². The third-order valence-electron chi connectivity index (χ3n) is 1.35. The molecular formula is C6H15NO3S. The normalized spacial score (nSPS) is 22.5. The summed E-state index contributed by atoms with van der Waals surface area (Å²) in [5.41, 5.74) is 0. The van der Waals surface area contributed by atoms with Gasteiger partial charge in [0.1, 0.15) is 0 Å². The van der Waals surface area contributed by atoms with Crippen molar-refractivity contribution in [2.24, 2.45) is 0 Å². The molecule has 1 saturated heterocycles. The van der Waals surface area contributed by atoms with Crippen molar-refractivity contribution in [3.8, 4) is 0 Å². The van der Waals surface area contributed by atoms with E-state index >= 15 is 0 Å². The molecule has 0 aromatic heterocycles. The Morgan fingerprint density at radius 1 is 1.36 bits per heavy atom. The van der Waals surface area contributed by atoms with Gasteiger partial charge in [-0.05, 0) is 6.42 Å². The Hall–Kier alpha value is -0.130. The lowest BCUT2D eigenvalue weighted by molar-refractivity contribution is 0.277. The van der Waals surface area contributed by atoms with Gasteiger partial charge in [0.2, 0.25) is 10.0 Å². The Kier molecular flexibility index (Phi) is 4.63. The topological polar surface area (TPSA) is 46.6 Å². The van der Waals surface area contributed by atoms with E-state index in [9.17, 15) is 8.42 Å². The highest BCUT2D eigenvalue weighted by Gasteiger charge is 2.23. The van der Waals surface area contributed by atoms with Crippen LogP contribution in [0.2, 0.25) is 0 Å². The largest absolute Gasteiger partial charge is 0.388 e. The molecule has 0 radical (unpaired) electrons. The molecule has 0 aliphatic carbocycles. The highest BCUT2D eigenvalue weighted by Crippen LogP contribution is 2.08. The van der Waals surface area contributed by atoms with E-state index in [4.69, 9.17) is 0 Å². The zero-order chi connectivity index (χ0) is 8.91. The second-order valence-electron chi connectivity index (χ2n) is 2.40. The molecule has 11 heavy (non-hydrogen) atoms. The summed E-state index contributed by atoms with van der Waals surface area (Å²) in [7, 11) is 2.07. The van der Waals surface area contributed by atoms with Gasteiger partial charge < -0.3 is 4.74 Å². The van der Waals surface area contributed by atoms with Crippen molar-refractivity contribution in [1.82, 2.24) is 4.31 Å². The monoisotopic (exact) mass is 181 g/mol. The maximum atomic E-state index is 10.7. The molecule has 68 valence electrons. The highest BCUT2D eigenvalue weighted by molar-refractivity contribution is 7.89. The van der Waals surface area contributed by atoms with Crippen molar-refractivity contribution < 1.29 is 13.2 Å². The maximum absolute atomic E-state index is 10.7. The van der Waals surface area contributed by atoms with Crippen LogP contribution in [-0.2, 0) is 14.8 Å². The summed E-state index contributed by atoms with van der Waals surface area (Å²) in [6.45, 7) is 0.697. The van der Waals surface area contributed by atoms with Crippen LogP contribution in [0.5, 0.6) is 0 Å². The summed E-state index contributed by atoms with van der Waals surface area (Å²) in [5.74, 6) is 0.337. The molecule has 5 heteroatoms. The molecule has 0 spiro atoms. The second kappa shape index (κ2) is 4.69. The maximum Gasteiger partial charge on any atom is 0.213 e. The number of ether oxygens (including phenoxy) is 1. The van der Waals surface area contributed by atoms with Crippen LogP contribution in [0.25, 0.3) is 0 Å². The molecule has 0 saturated carbocycles. The fourth-order valence-electron chi connectivity index (χ4n) is 0.765. The lowest BCUT2D eigenvalue weighted by Gasteiger charge is -2.02. The van der Waals surface area contributed by atoms with Gasteiger partial charge in [0.05, 0.1) is 5.75 Å². The molecule has 0 aromatic rings. The van der Waals surface area contributed by atoms with Crippen molar-refractivity contribution >= 4 is 10.0 Å². The summed E-state index contributed by atoms with van der Waals surface area (Å²) < 4.78 is 27.0. The number of hydrogen-bond acceptors (Lipinski definition) is 3. The molecule has 0 bridgehead atoms. The zero-order valence-corrected chi connectivity index (χ0v) is 8.02. The Morgan fingerprint density at radius 2 is 1.82 bits per heavy atom. The van der Waals surface area contributed by atoms with Crippen molar-refractivity contribution in [3.63, 3.8) is 0 Å². The van der Waals surface area contributed by atoms with Gasteiger partial charge in [-0.3, -0.25) is 0 Å². The molecule has 0 N–H and O–H groups in total. The van der Waals surface area contributed by atoms with Crippen LogP contribution in [0.1, 0.15) is 6.42 Å².